The van der Waals surface area contributed by atoms with Gasteiger partial charge in [-0.1, -0.05) is 12.1 Å². The summed E-state index contributed by atoms with van der Waals surface area (Å²) < 4.78 is 30.7. The minimum Gasteiger partial charge on any atom is -0.435 e. The van der Waals surface area contributed by atoms with Crippen molar-refractivity contribution in [3.8, 4) is 5.75 Å². The first-order valence-corrected chi connectivity index (χ1v) is 8.90. The van der Waals surface area contributed by atoms with Crippen LogP contribution in [0.5, 0.6) is 5.75 Å². The van der Waals surface area contributed by atoms with Gasteiger partial charge in [0.15, 0.2) is 5.96 Å². The van der Waals surface area contributed by atoms with Crippen LogP contribution in [0, 0.1) is 0 Å². The Morgan fingerprint density at radius 1 is 1.25 bits per heavy atom. The van der Waals surface area contributed by atoms with Crippen LogP contribution < -0.4 is 10.1 Å². The molecule has 0 aliphatic heterocycles. The lowest BCUT2D eigenvalue weighted by Gasteiger charge is -2.27. The Labute approximate surface area is 164 Å². The maximum atomic E-state index is 12.3. The molecule has 1 aromatic heterocycles. The van der Waals surface area contributed by atoms with Gasteiger partial charge in [0.1, 0.15) is 5.75 Å². The zero-order valence-corrected chi connectivity index (χ0v) is 16.9. The molecule has 1 aromatic carbocycles. The minimum absolute atomic E-state index is 0.143. The number of aryl methyl sites for hydroxylation is 1. The fraction of sp³-hybridized carbons (Fsp3) is 0.474. The molecule has 0 saturated carbocycles. The lowest BCUT2D eigenvalue weighted by atomic mass is 10.1. The van der Waals surface area contributed by atoms with Crippen LogP contribution in [0.4, 0.5) is 8.78 Å². The number of guanidine groups is 1. The molecule has 0 amide bonds. The smallest absolute Gasteiger partial charge is 0.387 e. The Morgan fingerprint density at radius 3 is 2.43 bits per heavy atom. The Kier molecular flexibility index (Phi) is 7.74. The number of halogens is 2. The zero-order chi connectivity index (χ0) is 20.7. The lowest BCUT2D eigenvalue weighted by molar-refractivity contribution is -0.0498. The van der Waals surface area contributed by atoms with Gasteiger partial charge in [-0.2, -0.15) is 13.9 Å². The Balaban J connectivity index is 1.96. The van der Waals surface area contributed by atoms with Gasteiger partial charge < -0.3 is 19.9 Å². The summed E-state index contributed by atoms with van der Waals surface area (Å²) in [6, 6.07) is 6.75. The van der Waals surface area contributed by atoms with Crippen LogP contribution in [0.15, 0.2) is 41.7 Å². The minimum atomic E-state index is -2.82. The van der Waals surface area contributed by atoms with Crippen molar-refractivity contribution in [3.63, 3.8) is 0 Å². The number of nitrogens with zero attached hydrogens (tertiary/aromatic N) is 5. The zero-order valence-electron chi connectivity index (χ0n) is 16.9. The normalized spacial score (nSPS) is 13.1. The number of ether oxygens (including phenoxy) is 1. The van der Waals surface area contributed by atoms with Gasteiger partial charge in [0.05, 0.1) is 12.2 Å². The van der Waals surface area contributed by atoms with Crippen LogP contribution in [-0.4, -0.2) is 66.9 Å². The first kappa shape index (κ1) is 21.6. The average molecular weight is 394 g/mol. The molecule has 7 nitrogen and oxygen atoms in total. The van der Waals surface area contributed by atoms with Crippen molar-refractivity contribution >= 4 is 5.96 Å². The Morgan fingerprint density at radius 2 is 1.93 bits per heavy atom. The predicted molar refractivity (Wildman–Crippen MR) is 106 cm³/mol. The summed E-state index contributed by atoms with van der Waals surface area (Å²) in [6.07, 6.45) is 3.86. The van der Waals surface area contributed by atoms with E-state index in [-0.39, 0.29) is 11.8 Å². The van der Waals surface area contributed by atoms with Gasteiger partial charge in [0.2, 0.25) is 0 Å². The number of benzene rings is 1. The summed E-state index contributed by atoms with van der Waals surface area (Å²) in [5.41, 5.74) is 2.08. The predicted octanol–water partition coefficient (Wildman–Crippen LogP) is 2.33. The molecular formula is C19H28F2N6O. The number of rotatable bonds is 8. The molecule has 28 heavy (non-hydrogen) atoms. The van der Waals surface area contributed by atoms with Crippen LogP contribution >= 0.6 is 0 Å². The molecule has 9 heteroatoms. The van der Waals surface area contributed by atoms with E-state index in [1.165, 1.54) is 12.1 Å². The number of nitrogens with one attached hydrogen (secondary N) is 1. The van der Waals surface area contributed by atoms with Crippen LogP contribution in [0.1, 0.15) is 17.2 Å². The molecule has 2 rings (SSSR count). The molecule has 0 bridgehead atoms. The molecule has 0 saturated heterocycles. The molecule has 1 N–H and O–H groups in total. The van der Waals surface area contributed by atoms with E-state index < -0.39 is 6.61 Å². The van der Waals surface area contributed by atoms with E-state index in [0.29, 0.717) is 13.1 Å². The largest absolute Gasteiger partial charge is 0.435 e. The maximum absolute atomic E-state index is 12.3. The van der Waals surface area contributed by atoms with Crippen molar-refractivity contribution in [3.05, 3.63) is 47.8 Å². The van der Waals surface area contributed by atoms with Crippen molar-refractivity contribution in [2.24, 2.45) is 12.0 Å². The standard InChI is InChI=1S/C19H28F2N6O/c1-22-19(23-11-17(25(2)3)15-10-24-27(5)13-15)26(4)12-14-6-8-16(9-7-14)28-18(20)21/h6-10,13,17-18H,11-12H2,1-5H3,(H,22,23). The third-order valence-corrected chi connectivity index (χ3v) is 4.33. The van der Waals surface area contributed by atoms with Crippen LogP contribution in [0.25, 0.3) is 0 Å². The summed E-state index contributed by atoms with van der Waals surface area (Å²) in [5, 5.41) is 7.64. The van der Waals surface area contributed by atoms with Gasteiger partial charge >= 0.3 is 6.61 Å². The van der Waals surface area contributed by atoms with E-state index >= 15 is 0 Å². The van der Waals surface area contributed by atoms with Crippen molar-refractivity contribution in [1.82, 2.24) is 24.9 Å². The van der Waals surface area contributed by atoms with Crippen LogP contribution in [-0.2, 0) is 13.6 Å². The number of alkyl halides is 2. The van der Waals surface area contributed by atoms with Crippen LogP contribution in [0.2, 0.25) is 0 Å². The first-order valence-electron chi connectivity index (χ1n) is 8.90. The van der Waals surface area contributed by atoms with E-state index in [2.05, 4.69) is 25.0 Å². The topological polar surface area (TPSA) is 57.9 Å². The monoisotopic (exact) mass is 394 g/mol. The van der Waals surface area contributed by atoms with Crippen molar-refractivity contribution < 1.29 is 13.5 Å². The van der Waals surface area contributed by atoms with Gasteiger partial charge in [-0.15, -0.1) is 0 Å². The summed E-state index contributed by atoms with van der Waals surface area (Å²) in [7, 11) is 9.60. The second-order valence-corrected chi connectivity index (χ2v) is 6.73. The molecule has 154 valence electrons. The maximum Gasteiger partial charge on any atom is 0.387 e. The van der Waals surface area contributed by atoms with Gasteiger partial charge in [0.25, 0.3) is 0 Å². The lowest BCUT2D eigenvalue weighted by Crippen LogP contribution is -2.42. The highest BCUT2D eigenvalue weighted by Crippen LogP contribution is 2.17. The third-order valence-electron chi connectivity index (χ3n) is 4.33. The molecule has 0 radical (unpaired) electrons. The highest BCUT2D eigenvalue weighted by Gasteiger charge is 2.17. The molecule has 2 aromatic rings. The van der Waals surface area contributed by atoms with E-state index in [9.17, 15) is 8.78 Å². The molecule has 1 heterocycles. The van der Waals surface area contributed by atoms with E-state index in [1.54, 1.807) is 23.9 Å². The van der Waals surface area contributed by atoms with Crippen molar-refractivity contribution in [1.29, 1.82) is 0 Å². The van der Waals surface area contributed by atoms with Gasteiger partial charge in [0, 0.05) is 46.0 Å². The summed E-state index contributed by atoms with van der Waals surface area (Å²) >= 11 is 0. The Bertz CT molecular complexity index is 760. The van der Waals surface area contributed by atoms with Crippen molar-refractivity contribution in [2.45, 2.75) is 19.2 Å². The summed E-state index contributed by atoms with van der Waals surface area (Å²) in [5.74, 6) is 0.887. The number of hydrogen-bond acceptors (Lipinski definition) is 4. The first-order chi connectivity index (χ1) is 13.3. The number of aromatic nitrogens is 2. The molecule has 0 aliphatic rings. The van der Waals surface area contributed by atoms with E-state index in [4.69, 9.17) is 0 Å². The molecule has 1 atom stereocenters. The molecule has 1 unspecified atom stereocenters. The SMILES string of the molecule is CN=C(NCC(c1cnn(C)c1)N(C)C)N(C)Cc1ccc(OC(F)F)cc1. The Hall–Kier alpha value is -2.68. The fourth-order valence-electron chi connectivity index (χ4n) is 2.91. The van der Waals surface area contributed by atoms with Gasteiger partial charge in [-0.3, -0.25) is 9.67 Å². The summed E-state index contributed by atoms with van der Waals surface area (Å²) in [6.45, 7) is -1.58. The second-order valence-electron chi connectivity index (χ2n) is 6.73. The quantitative estimate of drug-likeness (QED) is 0.550. The molecular weight excluding hydrogens is 366 g/mol. The average Bonchev–Trinajstić information content (AvgIpc) is 3.05. The van der Waals surface area contributed by atoms with E-state index in [1.807, 2.05) is 45.5 Å². The van der Waals surface area contributed by atoms with Crippen molar-refractivity contribution in [2.75, 3.05) is 34.7 Å². The molecule has 0 aliphatic carbocycles. The molecule has 0 fully saturated rings. The van der Waals surface area contributed by atoms with Gasteiger partial charge in [-0.05, 0) is 31.8 Å². The highest BCUT2D eigenvalue weighted by molar-refractivity contribution is 5.79. The number of aliphatic imine (C=N–C) groups is 1. The van der Waals surface area contributed by atoms with Gasteiger partial charge in [-0.25, -0.2) is 0 Å². The third kappa shape index (κ3) is 6.19. The van der Waals surface area contributed by atoms with Crippen LogP contribution in [0.3, 0.4) is 0 Å². The number of likely N-dealkylation sites (N-methyl/N-ethyl adjacent to an activating group) is 1. The number of hydrogen-bond donors (Lipinski definition) is 1. The highest BCUT2D eigenvalue weighted by atomic mass is 19.3. The fourth-order valence-corrected chi connectivity index (χ4v) is 2.91. The summed E-state index contributed by atoms with van der Waals surface area (Å²) in [4.78, 5) is 8.43. The molecule has 0 spiro atoms. The second kappa shape index (κ2) is 10.0. The van der Waals surface area contributed by atoms with E-state index in [0.717, 1.165) is 17.1 Å².